The average Bonchev–Trinajstić information content (AvgIpc) is 1.53. The van der Waals surface area contributed by atoms with Crippen molar-refractivity contribution in [3.63, 3.8) is 0 Å². The highest BCUT2D eigenvalue weighted by atomic mass is 31.2. The van der Waals surface area contributed by atoms with Crippen LogP contribution >= 0.6 is 7.82 Å². The molecule has 2 aromatic rings. The van der Waals surface area contributed by atoms with Crippen molar-refractivity contribution >= 4 is 71.4 Å². The Morgan fingerprint density at radius 1 is 0.841 bits per heavy atom. The lowest BCUT2D eigenvalue weighted by atomic mass is 9.55. The molecule has 15 N–H and O–H groups in total. The van der Waals surface area contributed by atoms with Gasteiger partial charge < -0.3 is 63.7 Å². The molecule has 1 aromatic heterocycles. The minimum atomic E-state index is -5.05. The number of aliphatic hydroxyl groups excluding tert-OH is 2. The molecule has 2 saturated heterocycles. The number of fused-ring (bicyclic) bond motifs is 7. The number of nitrogens with one attached hydrogen (secondary N) is 2. The predicted octanol–water partition coefficient (Wildman–Crippen LogP) is 4.70. The maximum absolute atomic E-state index is 14.4. The second-order valence-electron chi connectivity index (χ2n) is 26.9. The van der Waals surface area contributed by atoms with Gasteiger partial charge in [0.25, 0.3) is 0 Å². The lowest BCUT2D eigenvalue weighted by Gasteiger charge is -2.48. The Bertz CT molecular complexity index is 3420. The number of nitrogens with zero attached hydrogens (tertiary/aromatic N) is 5. The fourth-order valence-corrected chi connectivity index (χ4v) is 16.6. The van der Waals surface area contributed by atoms with E-state index >= 15 is 0 Å². The second-order valence-corrected chi connectivity index (χ2v) is 28.2. The molecular weight excluding hydrogens is 1150 g/mol. The molecule has 88 heavy (non-hydrogen) atoms. The van der Waals surface area contributed by atoms with Crippen LogP contribution in [0, 0.1) is 59.2 Å². The molecule has 26 heteroatoms. The lowest BCUT2D eigenvalue weighted by Crippen LogP contribution is -2.56. The van der Waals surface area contributed by atoms with Gasteiger partial charge in [-0.15, -0.1) is 0 Å². The van der Waals surface area contributed by atoms with Crippen molar-refractivity contribution in [1.29, 1.82) is 0 Å². The Morgan fingerprint density at radius 2 is 1.48 bits per heavy atom. The maximum atomic E-state index is 14.4. The van der Waals surface area contributed by atoms with Gasteiger partial charge in [0.05, 0.1) is 41.7 Å². The maximum Gasteiger partial charge on any atom is 0.472 e. The van der Waals surface area contributed by atoms with Crippen LogP contribution in [0.5, 0.6) is 0 Å². The van der Waals surface area contributed by atoms with Gasteiger partial charge in [-0.2, -0.15) is 0 Å². The molecule has 0 aliphatic carbocycles. The number of hydrogen-bond acceptors (Lipinski definition) is 17. The lowest BCUT2D eigenvalue weighted by molar-refractivity contribution is -0.124. The van der Waals surface area contributed by atoms with Gasteiger partial charge in [0, 0.05) is 125 Å². The molecule has 15 atom stereocenters. The van der Waals surface area contributed by atoms with Gasteiger partial charge in [0.1, 0.15) is 18.3 Å². The number of nitrogens with two attached hydrogens (primary N) is 5. The molecule has 7 heterocycles. The first-order chi connectivity index (χ1) is 41.0. The Hall–Kier alpha value is -6.47. The summed E-state index contributed by atoms with van der Waals surface area (Å²) >= 11 is 0. The van der Waals surface area contributed by atoms with Crippen LogP contribution in [0.15, 0.2) is 67.8 Å². The minimum Gasteiger partial charge on any atom is -0.394 e. The number of aliphatic imine (C=N–C) groups is 3. The van der Waals surface area contributed by atoms with Gasteiger partial charge >= 0.3 is 7.82 Å². The number of phosphoric acid groups is 1. The predicted molar refractivity (Wildman–Crippen MR) is 330 cm³/mol. The van der Waals surface area contributed by atoms with Gasteiger partial charge in [-0.05, 0) is 108 Å². The van der Waals surface area contributed by atoms with Crippen molar-refractivity contribution in [3.8, 4) is 0 Å². The zero-order valence-corrected chi connectivity index (χ0v) is 53.7. The number of carbonyl (C=O) groups is 6. The highest BCUT2D eigenvalue weighted by molar-refractivity contribution is 7.47. The van der Waals surface area contributed by atoms with Gasteiger partial charge in [-0.3, -0.25) is 52.8 Å². The van der Waals surface area contributed by atoms with E-state index in [1.807, 2.05) is 87.4 Å². The number of allylic oxidation sites excluding steroid dienone is 6. The zero-order chi connectivity index (χ0) is 65.1. The molecule has 15 unspecified atom stereocenters. The molecule has 1 aromatic carbocycles. The summed E-state index contributed by atoms with van der Waals surface area (Å²) in [6.07, 6.45) is -2.22. The number of imidazole rings is 1. The van der Waals surface area contributed by atoms with E-state index in [1.165, 1.54) is 13.3 Å². The summed E-state index contributed by atoms with van der Waals surface area (Å²) in [5.41, 5.74) is 33.0. The quantitative estimate of drug-likeness (QED) is 0.0603. The number of phosphoric ester groups is 1. The van der Waals surface area contributed by atoms with E-state index in [0.29, 0.717) is 57.1 Å². The summed E-state index contributed by atoms with van der Waals surface area (Å²) in [6, 6.07) is 2.77. The van der Waals surface area contributed by atoms with Crippen LogP contribution in [0.1, 0.15) is 157 Å². The largest absolute Gasteiger partial charge is 0.472 e. The number of benzene rings is 1. The molecule has 6 amide bonds. The Morgan fingerprint density at radius 3 is 2.08 bits per heavy atom. The van der Waals surface area contributed by atoms with Crippen molar-refractivity contribution in [2.45, 2.75) is 196 Å². The van der Waals surface area contributed by atoms with Crippen LogP contribution in [0.4, 0.5) is 0 Å². The molecule has 482 valence electrons. The fraction of sp³-hybridized carbons (Fsp3) is 0.645. The first-order valence-electron chi connectivity index (χ1n) is 30.4. The normalized spacial score (nSPS) is 33.4. The smallest absolute Gasteiger partial charge is 0.394 e. The van der Waals surface area contributed by atoms with E-state index in [9.17, 15) is 48.4 Å². The molecule has 6 aliphatic rings. The molecule has 0 radical (unpaired) electrons. The Balaban J connectivity index is 1.18. The van der Waals surface area contributed by atoms with Crippen LogP contribution in [0.3, 0.4) is 0 Å². The van der Waals surface area contributed by atoms with Crippen LogP contribution in [-0.2, 0) is 47.1 Å². The molecule has 0 spiro atoms. The van der Waals surface area contributed by atoms with Gasteiger partial charge in [-0.25, -0.2) is 9.55 Å². The Kier molecular flexibility index (Phi) is 19.2. The van der Waals surface area contributed by atoms with Crippen LogP contribution in [-0.4, -0.2) is 126 Å². The number of amides is 6. The summed E-state index contributed by atoms with van der Waals surface area (Å²) in [4.78, 5) is 113. The highest BCUT2D eigenvalue weighted by Crippen LogP contribution is 2.63. The summed E-state index contributed by atoms with van der Waals surface area (Å²) in [5.74, 6) is -5.78. The summed E-state index contributed by atoms with van der Waals surface area (Å²) in [7, 11) is -5.05. The van der Waals surface area contributed by atoms with E-state index in [0.717, 1.165) is 23.2 Å². The molecule has 6 aliphatic heterocycles. The molecule has 8 rings (SSSR count). The number of aromatic nitrogens is 2. The van der Waals surface area contributed by atoms with E-state index in [2.05, 4.69) is 22.5 Å². The number of ether oxygens (including phenoxy) is 1. The van der Waals surface area contributed by atoms with Crippen LogP contribution in [0.2, 0.25) is 0 Å². The molecular formula is C62H91N12O13P. The third-order valence-corrected chi connectivity index (χ3v) is 21.6. The van der Waals surface area contributed by atoms with Crippen molar-refractivity contribution in [1.82, 2.24) is 20.2 Å². The van der Waals surface area contributed by atoms with E-state index in [1.54, 1.807) is 4.57 Å². The summed E-state index contributed by atoms with van der Waals surface area (Å²) < 4.78 is 32.3. The number of rotatable bonds is 25. The molecule has 8 bridgehead atoms. The van der Waals surface area contributed by atoms with Gasteiger partial charge in [-0.1, -0.05) is 48.0 Å². The summed E-state index contributed by atoms with van der Waals surface area (Å²) in [5, 5.41) is 28.3. The third-order valence-electron chi connectivity index (χ3n) is 20.5. The molecule has 0 saturated carbocycles. The van der Waals surface area contributed by atoms with E-state index in [-0.39, 0.29) is 70.3 Å². The minimum absolute atomic E-state index is 0.0122. The van der Waals surface area contributed by atoms with Gasteiger partial charge in [0.15, 0.2) is 6.23 Å². The number of carbonyl (C=O) groups excluding carboxylic acids is 6. The SMILES string of the molecule is CCCC1C2=CC3=NC(=C(C)C4=NC(C(CC(N)=O)C4(C)CCC(=O)NCC(C)OP(=O)(O)OC4C(CO)OC(n5cnc6cc(C)c(C)cc65)C4O)C4(C)N=C(/C(C)=C(\N2)C1(C)CC(N)=O)C(CCC(N)=O)C4(C)CC(N)=O)C(CCC(N)=O)C3(C)C. The van der Waals surface area contributed by atoms with Crippen molar-refractivity contribution in [3.05, 3.63) is 63.9 Å². The number of aliphatic hydroxyl groups is 2. The summed E-state index contributed by atoms with van der Waals surface area (Å²) in [6.45, 7) is 21.9. The topological polar surface area (TPSA) is 417 Å². The van der Waals surface area contributed by atoms with Crippen molar-refractivity contribution in [2.75, 3.05) is 13.2 Å². The number of aryl methyl sites for hydroxylation is 2. The third kappa shape index (κ3) is 12.4. The van der Waals surface area contributed by atoms with Crippen LogP contribution < -0.4 is 39.3 Å². The highest BCUT2D eigenvalue weighted by Gasteiger charge is 2.66. The first kappa shape index (κ1) is 67.5. The Labute approximate surface area is 513 Å². The monoisotopic (exact) mass is 1240 g/mol. The van der Waals surface area contributed by atoms with Crippen LogP contribution in [0.25, 0.3) is 11.0 Å². The first-order valence-corrected chi connectivity index (χ1v) is 31.9. The fourth-order valence-electron chi connectivity index (χ4n) is 15.4. The van der Waals surface area contributed by atoms with Gasteiger partial charge in [0.2, 0.25) is 35.4 Å². The van der Waals surface area contributed by atoms with Crippen molar-refractivity contribution < 1.29 is 62.2 Å². The molecule has 2 fully saturated rings. The standard InChI is InChI=1S/C62H91N12O13P/c1-13-14-35-39-24-43-58(7,8)36(15-17-44(63)76)50(71-43)33(5)54-59(9,20-19-49(81)68-27-32(4)86-88(83,84)87-53-42(28-75)85-57(52(53)82)74-29-69-40-21-30(2)31(3)22-41(40)74)38(23-46(65)78)56(72-54)62(12)61(11,26-48(67)80)37(16-18-45(64)77)51(73-62)34(6)55(70-39)60(35,10)25-47(66)79/h21-22,24,29,32,35-38,42,52-53,56-57,70,75,82H,13-20,23,25-28H2,1-12H3,(H2,63,76)(H2,64,77)(H2,65,78)(H2,66,79)(H2,67,80)(H,68,81)(H,83,84)/b39-24?,50-33?,55-34-. The number of primary amides is 5. The number of hydrogen-bond donors (Lipinski definition) is 10. The average molecular weight is 1240 g/mol. The van der Waals surface area contributed by atoms with E-state index < -0.39 is 132 Å². The molecule has 25 nitrogen and oxygen atoms in total. The zero-order valence-electron chi connectivity index (χ0n) is 52.8. The van der Waals surface area contributed by atoms with Crippen molar-refractivity contribution in [2.24, 2.45) is 89.0 Å². The van der Waals surface area contributed by atoms with E-state index in [4.69, 9.17) is 57.4 Å². The second kappa shape index (κ2) is 25.1.